The minimum absolute atomic E-state index is 0.319. The summed E-state index contributed by atoms with van der Waals surface area (Å²) in [6.45, 7) is 2.58. The first kappa shape index (κ1) is 32.0. The molecule has 5 aromatic carbocycles. The van der Waals surface area contributed by atoms with Crippen molar-refractivity contribution in [1.29, 1.82) is 0 Å². The highest BCUT2D eigenvalue weighted by atomic mass is 16.5. The SMILES string of the molecule is CCOC(Cc1ccc(OC/C=C/c2ccc(-c3cc(/C=C/c4ccccc4)cc(/C=C/c4ccccc4)c3)cc2)cc1)C(=O)O. The Hall–Kier alpha value is -5.45. The van der Waals surface area contributed by atoms with E-state index in [2.05, 4.69) is 91.0 Å². The Labute approximate surface area is 271 Å². The lowest BCUT2D eigenvalue weighted by atomic mass is 9.97. The number of hydrogen-bond acceptors (Lipinski definition) is 3. The number of rotatable bonds is 14. The van der Waals surface area contributed by atoms with Gasteiger partial charge < -0.3 is 14.6 Å². The Bertz CT molecular complexity index is 1700. The summed E-state index contributed by atoms with van der Waals surface area (Å²) < 4.78 is 11.2. The lowest BCUT2D eigenvalue weighted by Crippen LogP contribution is -2.26. The molecular formula is C42H38O4. The third-order valence-electron chi connectivity index (χ3n) is 7.40. The maximum atomic E-state index is 11.3. The van der Waals surface area contributed by atoms with Gasteiger partial charge in [0.25, 0.3) is 0 Å². The van der Waals surface area contributed by atoms with Gasteiger partial charge in [-0.3, -0.25) is 0 Å². The van der Waals surface area contributed by atoms with Crippen molar-refractivity contribution in [3.8, 4) is 16.9 Å². The number of carboxylic acids is 1. The van der Waals surface area contributed by atoms with Gasteiger partial charge in [0, 0.05) is 13.0 Å². The second kappa shape index (κ2) is 16.6. The van der Waals surface area contributed by atoms with Crippen molar-refractivity contribution >= 4 is 36.3 Å². The summed E-state index contributed by atoms with van der Waals surface area (Å²) in [7, 11) is 0. The summed E-state index contributed by atoms with van der Waals surface area (Å²) in [5, 5.41) is 9.30. The van der Waals surface area contributed by atoms with Crippen LogP contribution < -0.4 is 4.74 Å². The van der Waals surface area contributed by atoms with Crippen LogP contribution in [0, 0.1) is 0 Å². The highest BCUT2D eigenvalue weighted by Gasteiger charge is 2.17. The summed E-state index contributed by atoms with van der Waals surface area (Å²) in [4.78, 5) is 11.3. The second-order valence-electron chi connectivity index (χ2n) is 10.8. The number of ether oxygens (including phenoxy) is 2. The molecule has 0 amide bonds. The van der Waals surface area contributed by atoms with Gasteiger partial charge >= 0.3 is 5.97 Å². The van der Waals surface area contributed by atoms with Crippen molar-refractivity contribution in [3.63, 3.8) is 0 Å². The van der Waals surface area contributed by atoms with Gasteiger partial charge in [0.15, 0.2) is 6.10 Å². The Morgan fingerprint density at radius 1 is 0.630 bits per heavy atom. The van der Waals surface area contributed by atoms with Gasteiger partial charge in [-0.25, -0.2) is 4.79 Å². The molecule has 230 valence electrons. The quantitative estimate of drug-likeness (QED) is 0.128. The van der Waals surface area contributed by atoms with Gasteiger partial charge in [-0.2, -0.15) is 0 Å². The van der Waals surface area contributed by atoms with Crippen LogP contribution in [0.4, 0.5) is 0 Å². The fourth-order valence-corrected chi connectivity index (χ4v) is 5.02. The van der Waals surface area contributed by atoms with E-state index in [-0.39, 0.29) is 0 Å². The van der Waals surface area contributed by atoms with E-state index in [0.717, 1.165) is 50.3 Å². The van der Waals surface area contributed by atoms with Crippen LogP contribution in [0.2, 0.25) is 0 Å². The standard InChI is InChI=1S/C42H38O4/c1-2-45-41(42(43)44)31-35-21-25-40(26-22-35)46-27-9-14-34-19-23-38(24-20-34)39-29-36(17-15-32-10-5-3-6-11-32)28-37(30-39)18-16-33-12-7-4-8-13-33/h3-26,28-30,41H,2,27,31H2,1H3,(H,43,44)/b14-9+,17-15+,18-16+. The molecule has 0 aliphatic carbocycles. The maximum Gasteiger partial charge on any atom is 0.333 e. The van der Waals surface area contributed by atoms with Crippen LogP contribution in [0.3, 0.4) is 0 Å². The van der Waals surface area contributed by atoms with Crippen LogP contribution in [0.1, 0.15) is 40.3 Å². The minimum atomic E-state index is -0.953. The van der Waals surface area contributed by atoms with Crippen LogP contribution in [-0.4, -0.2) is 30.4 Å². The molecule has 5 rings (SSSR count). The highest BCUT2D eigenvalue weighted by Crippen LogP contribution is 2.26. The molecule has 5 aromatic rings. The first-order valence-corrected chi connectivity index (χ1v) is 15.5. The lowest BCUT2D eigenvalue weighted by Gasteiger charge is -2.12. The van der Waals surface area contributed by atoms with Gasteiger partial charge in [-0.05, 0) is 87.8 Å². The molecule has 0 bridgehead atoms. The smallest absolute Gasteiger partial charge is 0.333 e. The fraction of sp³-hybridized carbons (Fsp3) is 0.119. The van der Waals surface area contributed by atoms with E-state index in [1.54, 1.807) is 6.92 Å². The summed E-state index contributed by atoms with van der Waals surface area (Å²) in [6.07, 6.45) is 12.1. The molecule has 0 saturated carbocycles. The third-order valence-corrected chi connectivity index (χ3v) is 7.40. The molecule has 0 aromatic heterocycles. The van der Waals surface area contributed by atoms with E-state index >= 15 is 0 Å². The van der Waals surface area contributed by atoms with Gasteiger partial charge in [-0.1, -0.05) is 127 Å². The molecule has 1 unspecified atom stereocenters. The van der Waals surface area contributed by atoms with Crippen molar-refractivity contribution in [1.82, 2.24) is 0 Å². The molecule has 4 heteroatoms. The van der Waals surface area contributed by atoms with Crippen LogP contribution in [0.5, 0.6) is 5.75 Å². The number of aliphatic carboxylic acids is 1. The number of hydrogen-bond donors (Lipinski definition) is 1. The molecule has 1 atom stereocenters. The molecule has 0 spiro atoms. The summed E-state index contributed by atoms with van der Waals surface area (Å²) >= 11 is 0. The van der Waals surface area contributed by atoms with E-state index in [1.165, 1.54) is 0 Å². The Morgan fingerprint density at radius 2 is 1.17 bits per heavy atom. The zero-order valence-corrected chi connectivity index (χ0v) is 26.0. The third kappa shape index (κ3) is 9.78. The average Bonchev–Trinajstić information content (AvgIpc) is 3.10. The Morgan fingerprint density at radius 3 is 1.72 bits per heavy atom. The number of carbonyl (C=O) groups is 1. The van der Waals surface area contributed by atoms with Crippen LogP contribution in [-0.2, 0) is 16.0 Å². The summed E-state index contributed by atoms with van der Waals surface area (Å²) in [5.41, 5.74) is 8.88. The van der Waals surface area contributed by atoms with Gasteiger partial charge in [0.1, 0.15) is 12.4 Å². The second-order valence-corrected chi connectivity index (χ2v) is 10.8. The van der Waals surface area contributed by atoms with E-state index < -0.39 is 12.1 Å². The molecule has 0 aliphatic heterocycles. The molecule has 4 nitrogen and oxygen atoms in total. The molecule has 0 fully saturated rings. The maximum absolute atomic E-state index is 11.3. The van der Waals surface area contributed by atoms with Crippen molar-refractivity contribution in [2.75, 3.05) is 13.2 Å². The predicted octanol–water partition coefficient (Wildman–Crippen LogP) is 9.82. The summed E-state index contributed by atoms with van der Waals surface area (Å²) in [5.74, 6) is -0.226. The van der Waals surface area contributed by atoms with Crippen LogP contribution in [0.15, 0.2) is 133 Å². The monoisotopic (exact) mass is 606 g/mol. The minimum Gasteiger partial charge on any atom is -0.490 e. The van der Waals surface area contributed by atoms with E-state index in [1.807, 2.05) is 72.8 Å². The summed E-state index contributed by atoms with van der Waals surface area (Å²) in [6, 6.07) is 43.3. The van der Waals surface area contributed by atoms with Crippen molar-refractivity contribution < 1.29 is 19.4 Å². The zero-order chi connectivity index (χ0) is 32.0. The van der Waals surface area contributed by atoms with Gasteiger partial charge in [0.05, 0.1) is 0 Å². The number of carboxylic acid groups (broad SMARTS) is 1. The topological polar surface area (TPSA) is 55.8 Å². The average molecular weight is 607 g/mol. The molecule has 46 heavy (non-hydrogen) atoms. The van der Waals surface area contributed by atoms with Crippen molar-refractivity contribution in [2.24, 2.45) is 0 Å². The van der Waals surface area contributed by atoms with E-state index in [0.29, 0.717) is 19.6 Å². The van der Waals surface area contributed by atoms with E-state index in [4.69, 9.17) is 9.47 Å². The first-order valence-electron chi connectivity index (χ1n) is 15.5. The molecule has 0 radical (unpaired) electrons. The highest BCUT2D eigenvalue weighted by molar-refractivity contribution is 5.79. The first-order chi connectivity index (χ1) is 22.6. The van der Waals surface area contributed by atoms with Crippen LogP contribution >= 0.6 is 0 Å². The molecule has 0 saturated heterocycles. The largest absolute Gasteiger partial charge is 0.490 e. The van der Waals surface area contributed by atoms with Crippen LogP contribution in [0.25, 0.3) is 41.5 Å². The molecule has 0 aliphatic rings. The van der Waals surface area contributed by atoms with Gasteiger partial charge in [0.2, 0.25) is 0 Å². The fourth-order valence-electron chi connectivity index (χ4n) is 5.02. The zero-order valence-electron chi connectivity index (χ0n) is 26.0. The number of benzene rings is 5. The Kier molecular flexibility index (Phi) is 11.5. The van der Waals surface area contributed by atoms with E-state index in [9.17, 15) is 9.90 Å². The predicted molar refractivity (Wildman–Crippen MR) is 190 cm³/mol. The van der Waals surface area contributed by atoms with Crippen molar-refractivity contribution in [3.05, 3.63) is 167 Å². The lowest BCUT2D eigenvalue weighted by molar-refractivity contribution is -0.149. The molecule has 0 heterocycles. The van der Waals surface area contributed by atoms with Gasteiger partial charge in [-0.15, -0.1) is 0 Å². The normalized spacial score (nSPS) is 12.2. The molecular weight excluding hydrogens is 568 g/mol. The Balaban J connectivity index is 1.24. The molecule has 1 N–H and O–H groups in total. The van der Waals surface area contributed by atoms with Crippen molar-refractivity contribution in [2.45, 2.75) is 19.4 Å².